The molecular formula is C5H7N2ORb. The molecule has 9 heavy (non-hydrogen) atoms. The van der Waals surface area contributed by atoms with Crippen LogP contribution in [0.2, 0.25) is 0 Å². The van der Waals surface area contributed by atoms with Crippen molar-refractivity contribution in [1.82, 2.24) is 10.1 Å². The van der Waals surface area contributed by atoms with E-state index in [0.717, 1.165) is 0 Å². The van der Waals surface area contributed by atoms with Gasteiger partial charge in [0.25, 0.3) is 0 Å². The summed E-state index contributed by atoms with van der Waals surface area (Å²) in [5, 5.41) is 3.33. The van der Waals surface area contributed by atoms with Crippen LogP contribution in [-0.2, 0) is 0 Å². The summed E-state index contributed by atoms with van der Waals surface area (Å²) >= 11 is 0. The van der Waals surface area contributed by atoms with Gasteiger partial charge in [-0.05, 0) is 12.2 Å². The van der Waals surface area contributed by atoms with Gasteiger partial charge >= 0.3 is 58.2 Å². The second-order valence-electron chi connectivity index (χ2n) is 1.89. The Morgan fingerprint density at radius 3 is 2.44 bits per heavy atom. The Kier molecular flexibility index (Phi) is 5.21. The molecule has 0 spiro atoms. The fourth-order valence-corrected chi connectivity index (χ4v) is 0.392. The number of nitrogens with zero attached hydrogens (tertiary/aromatic N) is 2. The number of aromatic nitrogens is 2. The summed E-state index contributed by atoms with van der Waals surface area (Å²) in [6, 6.07) is 0. The predicted molar refractivity (Wildman–Crippen MR) is 27.2 cm³/mol. The van der Waals surface area contributed by atoms with Gasteiger partial charge in [0.05, 0.1) is 5.89 Å². The topological polar surface area (TPSA) is 38.9 Å². The third-order valence-corrected chi connectivity index (χ3v) is 0.834. The molecule has 0 fully saturated rings. The quantitative estimate of drug-likeness (QED) is 0.488. The first-order valence-corrected chi connectivity index (χ1v) is 2.50. The third-order valence-electron chi connectivity index (χ3n) is 0.834. The Labute approximate surface area is 103 Å². The molecule has 0 radical (unpaired) electrons. The van der Waals surface area contributed by atoms with Crippen LogP contribution >= 0.6 is 0 Å². The molecule has 0 amide bonds. The summed E-state index contributed by atoms with van der Waals surface area (Å²) in [6.07, 6.45) is 2.34. The maximum atomic E-state index is 4.68. The summed E-state index contributed by atoms with van der Waals surface area (Å²) in [4.78, 5) is 3.71. The molecule has 0 aliphatic rings. The Morgan fingerprint density at radius 2 is 2.22 bits per heavy atom. The van der Waals surface area contributed by atoms with E-state index in [1.54, 1.807) is 0 Å². The van der Waals surface area contributed by atoms with Crippen molar-refractivity contribution in [1.29, 1.82) is 0 Å². The molecule has 0 atom stereocenters. The van der Waals surface area contributed by atoms with Crippen molar-refractivity contribution in [3.05, 3.63) is 12.2 Å². The van der Waals surface area contributed by atoms with Crippen LogP contribution in [0.25, 0.3) is 0 Å². The zero-order valence-electron chi connectivity index (χ0n) is 5.88. The molecule has 0 aliphatic carbocycles. The van der Waals surface area contributed by atoms with Gasteiger partial charge in [-0.25, -0.2) is 0 Å². The van der Waals surface area contributed by atoms with Crippen molar-refractivity contribution in [3.8, 4) is 0 Å². The molecule has 4 heteroatoms. The minimum atomic E-state index is 0. The molecule has 0 saturated heterocycles. The van der Waals surface area contributed by atoms with Crippen molar-refractivity contribution in [3.63, 3.8) is 0 Å². The molecule has 0 bridgehead atoms. The van der Waals surface area contributed by atoms with Gasteiger partial charge in [0.2, 0.25) is 0 Å². The maximum Gasteiger partial charge on any atom is 1.00 e. The molecule has 0 unspecified atom stereocenters. The van der Waals surface area contributed by atoms with E-state index in [4.69, 9.17) is 0 Å². The minimum absolute atomic E-state index is 0. The first kappa shape index (κ1) is 9.95. The second kappa shape index (κ2) is 4.71. The molecule has 1 rings (SSSR count). The summed E-state index contributed by atoms with van der Waals surface area (Å²) in [5.74, 6) is 0.957. The van der Waals surface area contributed by atoms with E-state index in [2.05, 4.69) is 21.0 Å². The van der Waals surface area contributed by atoms with Gasteiger partial charge in [-0.2, -0.15) is 5.16 Å². The van der Waals surface area contributed by atoms with E-state index in [1.165, 1.54) is 0 Å². The van der Waals surface area contributed by atoms with Gasteiger partial charge in [0, 0.05) is 0 Å². The van der Waals surface area contributed by atoms with Crippen LogP contribution in [-0.4, -0.2) is 10.1 Å². The molecular weight excluding hydrogens is 190 g/mol. The molecule has 1 aromatic heterocycles. The standard InChI is InChI=1S/C5H7N2O.Rb/c1-4(2)5-6-3-7-8-5;/h4H,1-2H3;/q-1;+1. The molecule has 0 saturated carbocycles. The van der Waals surface area contributed by atoms with Crippen LogP contribution in [0.1, 0.15) is 25.7 Å². The molecule has 0 aliphatic heterocycles. The first-order chi connectivity index (χ1) is 3.80. The summed E-state index contributed by atoms with van der Waals surface area (Å²) in [5.41, 5.74) is 0. The van der Waals surface area contributed by atoms with E-state index >= 15 is 0 Å². The third kappa shape index (κ3) is 3.02. The van der Waals surface area contributed by atoms with Crippen molar-refractivity contribution < 1.29 is 62.7 Å². The monoisotopic (exact) mass is 196 g/mol. The zero-order valence-corrected chi connectivity index (χ0v) is 10.8. The molecule has 44 valence electrons. The van der Waals surface area contributed by atoms with Crippen molar-refractivity contribution in [2.75, 3.05) is 0 Å². The van der Waals surface area contributed by atoms with Crippen LogP contribution in [0.15, 0.2) is 4.52 Å². The predicted octanol–water partition coefficient (Wildman–Crippen LogP) is -2.00. The second-order valence-corrected chi connectivity index (χ2v) is 1.89. The van der Waals surface area contributed by atoms with E-state index < -0.39 is 0 Å². The van der Waals surface area contributed by atoms with Crippen LogP contribution in [0.5, 0.6) is 0 Å². The van der Waals surface area contributed by atoms with E-state index in [0.29, 0.717) is 11.8 Å². The molecule has 1 heterocycles. The zero-order chi connectivity index (χ0) is 5.98. The fourth-order valence-electron chi connectivity index (χ4n) is 0.392. The van der Waals surface area contributed by atoms with Gasteiger partial charge in [-0.1, -0.05) is 13.8 Å². The van der Waals surface area contributed by atoms with Gasteiger partial charge in [-0.3, -0.25) is 0 Å². The molecule has 1 aromatic rings. The Balaban J connectivity index is 0.000000640. The Morgan fingerprint density at radius 1 is 1.56 bits per heavy atom. The molecule has 3 nitrogen and oxygen atoms in total. The molecule has 0 N–H and O–H groups in total. The van der Waals surface area contributed by atoms with Crippen LogP contribution in [0.3, 0.4) is 0 Å². The van der Waals surface area contributed by atoms with E-state index in [1.807, 2.05) is 13.8 Å². The Bertz CT molecular complexity index is 150. The van der Waals surface area contributed by atoms with Crippen molar-refractivity contribution in [2.24, 2.45) is 0 Å². The van der Waals surface area contributed by atoms with Gasteiger partial charge in [0.15, 0.2) is 0 Å². The largest absolute Gasteiger partial charge is 1.00 e. The smallest absolute Gasteiger partial charge is 0.450 e. The Hall–Kier alpha value is 0.945. The number of hydrogen-bond acceptors (Lipinski definition) is 3. The average Bonchev–Trinajstić information content (AvgIpc) is 2.12. The van der Waals surface area contributed by atoms with E-state index in [9.17, 15) is 0 Å². The minimum Gasteiger partial charge on any atom is -0.450 e. The average molecular weight is 197 g/mol. The van der Waals surface area contributed by atoms with Gasteiger partial charge < -0.3 is 9.51 Å². The fraction of sp³-hybridized carbons (Fsp3) is 0.600. The van der Waals surface area contributed by atoms with Crippen molar-refractivity contribution >= 4 is 0 Å². The summed E-state index contributed by atoms with van der Waals surface area (Å²) in [6.45, 7) is 3.97. The van der Waals surface area contributed by atoms with Crippen molar-refractivity contribution in [2.45, 2.75) is 19.8 Å². The summed E-state index contributed by atoms with van der Waals surface area (Å²) in [7, 11) is 0. The number of rotatable bonds is 1. The van der Waals surface area contributed by atoms with Gasteiger partial charge in [-0.15, -0.1) is 0 Å². The number of hydrogen-bond donors (Lipinski definition) is 0. The van der Waals surface area contributed by atoms with Crippen LogP contribution in [0, 0.1) is 6.33 Å². The van der Waals surface area contributed by atoms with Crippen LogP contribution in [0.4, 0.5) is 0 Å². The van der Waals surface area contributed by atoms with E-state index in [-0.39, 0.29) is 58.2 Å². The first-order valence-electron chi connectivity index (χ1n) is 2.50. The maximum absolute atomic E-state index is 4.68. The van der Waals surface area contributed by atoms with Crippen LogP contribution < -0.4 is 58.2 Å². The van der Waals surface area contributed by atoms with Gasteiger partial charge in [0.1, 0.15) is 0 Å². The summed E-state index contributed by atoms with van der Waals surface area (Å²) < 4.78 is 4.68. The SMILES string of the molecule is CC(C)c1n[c-]no1.[Rb+]. The molecule has 0 aromatic carbocycles. The normalized spacial score (nSPS) is 9.22.